The summed E-state index contributed by atoms with van der Waals surface area (Å²) in [5, 5.41) is 4.44. The van der Waals surface area contributed by atoms with Crippen LogP contribution < -0.4 is 5.32 Å². The Kier molecular flexibility index (Phi) is 5.53. The summed E-state index contributed by atoms with van der Waals surface area (Å²) in [5.41, 5.74) is 1.57. The van der Waals surface area contributed by atoms with Crippen LogP contribution in [0.25, 0.3) is 10.9 Å². The van der Waals surface area contributed by atoms with Crippen LogP contribution in [0.1, 0.15) is 25.7 Å². The Morgan fingerprint density at radius 2 is 1.88 bits per heavy atom. The SMILES string of the molecule is CN(C)[C@H]1CC[C@H](Nc2cccc3c2cc(I)n3CC(F)(F)F)CC1. The second-order valence-electron chi connectivity index (χ2n) is 7.02. The van der Waals surface area contributed by atoms with Crippen molar-refractivity contribution in [1.29, 1.82) is 0 Å². The molecule has 0 atom stereocenters. The predicted molar refractivity (Wildman–Crippen MR) is 104 cm³/mol. The maximum absolute atomic E-state index is 12.9. The monoisotopic (exact) mass is 465 g/mol. The van der Waals surface area contributed by atoms with Crippen LogP contribution in [0.3, 0.4) is 0 Å². The van der Waals surface area contributed by atoms with Gasteiger partial charge in [0.05, 0.1) is 9.22 Å². The second-order valence-corrected chi connectivity index (χ2v) is 8.13. The Bertz CT molecular complexity index is 731. The Balaban J connectivity index is 1.80. The summed E-state index contributed by atoms with van der Waals surface area (Å²) in [6.07, 6.45) is 0.236. The van der Waals surface area contributed by atoms with Gasteiger partial charge in [-0.05, 0) is 80.6 Å². The minimum Gasteiger partial charge on any atom is -0.382 e. The van der Waals surface area contributed by atoms with Gasteiger partial charge in [-0.15, -0.1) is 0 Å². The number of rotatable bonds is 4. The quantitative estimate of drug-likeness (QED) is 0.635. The molecule has 1 fully saturated rings. The van der Waals surface area contributed by atoms with Gasteiger partial charge in [-0.25, -0.2) is 0 Å². The summed E-state index contributed by atoms with van der Waals surface area (Å²) in [6, 6.07) is 8.41. The molecule has 3 nitrogen and oxygen atoms in total. The maximum atomic E-state index is 12.9. The third-order valence-electron chi connectivity index (χ3n) is 5.02. The molecule has 1 saturated carbocycles. The van der Waals surface area contributed by atoms with Gasteiger partial charge < -0.3 is 14.8 Å². The van der Waals surface area contributed by atoms with Crippen molar-refractivity contribution >= 4 is 39.2 Å². The fourth-order valence-corrected chi connectivity index (χ4v) is 4.42. The van der Waals surface area contributed by atoms with E-state index < -0.39 is 12.7 Å². The molecule has 0 radical (unpaired) electrons. The molecule has 0 bridgehead atoms. The Morgan fingerprint density at radius 3 is 2.48 bits per heavy atom. The number of halogens is 4. The summed E-state index contributed by atoms with van der Waals surface area (Å²) in [4.78, 5) is 2.27. The number of nitrogens with one attached hydrogen (secondary N) is 1. The number of nitrogens with zero attached hydrogens (tertiary/aromatic N) is 2. The number of aromatic nitrogens is 1. The third-order valence-corrected chi connectivity index (χ3v) is 5.91. The van der Waals surface area contributed by atoms with E-state index in [1.165, 1.54) is 4.57 Å². The molecule has 1 N–H and O–H groups in total. The first-order valence-corrected chi connectivity index (χ1v) is 9.60. The molecule has 0 saturated heterocycles. The van der Waals surface area contributed by atoms with Crippen LogP contribution in [0.2, 0.25) is 0 Å². The Labute approximate surface area is 159 Å². The van der Waals surface area contributed by atoms with Gasteiger partial charge in [-0.2, -0.15) is 13.2 Å². The largest absolute Gasteiger partial charge is 0.406 e. The van der Waals surface area contributed by atoms with Gasteiger partial charge in [-0.1, -0.05) is 6.07 Å². The normalized spacial score (nSPS) is 21.9. The van der Waals surface area contributed by atoms with Crippen LogP contribution in [-0.4, -0.2) is 41.8 Å². The zero-order chi connectivity index (χ0) is 18.2. The zero-order valence-electron chi connectivity index (χ0n) is 14.4. The molecule has 138 valence electrons. The van der Waals surface area contributed by atoms with Gasteiger partial charge in [0.15, 0.2) is 0 Å². The van der Waals surface area contributed by atoms with Gasteiger partial charge >= 0.3 is 6.18 Å². The summed E-state index contributed by atoms with van der Waals surface area (Å²) >= 11 is 1.98. The smallest absolute Gasteiger partial charge is 0.382 e. The van der Waals surface area contributed by atoms with Crippen LogP contribution in [0.5, 0.6) is 0 Å². The van der Waals surface area contributed by atoms with E-state index >= 15 is 0 Å². The van der Waals surface area contributed by atoms with Crippen LogP contribution >= 0.6 is 22.6 Å². The summed E-state index contributed by atoms with van der Waals surface area (Å²) in [7, 11) is 4.23. The molecule has 1 aromatic carbocycles. The molecule has 0 amide bonds. The summed E-state index contributed by atoms with van der Waals surface area (Å²) in [6.45, 7) is -0.952. The van der Waals surface area contributed by atoms with Crippen molar-refractivity contribution in [3.05, 3.63) is 28.0 Å². The molecule has 1 aliphatic rings. The number of anilines is 1. The van der Waals surface area contributed by atoms with E-state index in [4.69, 9.17) is 0 Å². The van der Waals surface area contributed by atoms with Gasteiger partial charge in [-0.3, -0.25) is 0 Å². The van der Waals surface area contributed by atoms with E-state index in [9.17, 15) is 13.2 Å². The Hall–Kier alpha value is -0.960. The van der Waals surface area contributed by atoms with Crippen molar-refractivity contribution < 1.29 is 13.2 Å². The van der Waals surface area contributed by atoms with Crippen molar-refractivity contribution in [2.24, 2.45) is 0 Å². The third kappa shape index (κ3) is 4.42. The minimum absolute atomic E-state index is 0.380. The first-order valence-electron chi connectivity index (χ1n) is 8.52. The molecule has 0 unspecified atom stereocenters. The molecule has 1 heterocycles. The number of fused-ring (bicyclic) bond motifs is 1. The minimum atomic E-state index is -4.22. The molecular weight excluding hydrogens is 442 g/mol. The number of hydrogen-bond donors (Lipinski definition) is 1. The second kappa shape index (κ2) is 7.34. The highest BCUT2D eigenvalue weighted by atomic mass is 127. The number of alkyl halides is 3. The van der Waals surface area contributed by atoms with E-state index in [1.54, 1.807) is 6.07 Å². The van der Waals surface area contributed by atoms with Crippen molar-refractivity contribution in [3.63, 3.8) is 0 Å². The van der Waals surface area contributed by atoms with Crippen molar-refractivity contribution in [2.45, 2.75) is 50.5 Å². The average Bonchev–Trinajstić information content (AvgIpc) is 2.84. The Morgan fingerprint density at radius 1 is 1.20 bits per heavy atom. The zero-order valence-corrected chi connectivity index (χ0v) is 16.6. The van der Waals surface area contributed by atoms with Crippen LogP contribution in [0.4, 0.5) is 18.9 Å². The number of hydrogen-bond acceptors (Lipinski definition) is 2. The standard InChI is InChI=1S/C18H23F3IN3/c1-24(2)13-8-6-12(7-9-13)23-15-4-3-5-16-14(15)10-17(22)25(16)11-18(19,20)21/h3-5,10,12-13,23H,6-9,11H2,1-2H3/t12-,13-. The molecule has 0 spiro atoms. The van der Waals surface area contributed by atoms with Crippen molar-refractivity contribution in [3.8, 4) is 0 Å². The highest BCUT2D eigenvalue weighted by molar-refractivity contribution is 14.1. The molecule has 0 aliphatic heterocycles. The topological polar surface area (TPSA) is 20.2 Å². The molecule has 2 aromatic rings. The van der Waals surface area contributed by atoms with Crippen molar-refractivity contribution in [1.82, 2.24) is 9.47 Å². The van der Waals surface area contributed by atoms with Crippen molar-refractivity contribution in [2.75, 3.05) is 19.4 Å². The lowest BCUT2D eigenvalue weighted by Gasteiger charge is -2.33. The first-order chi connectivity index (χ1) is 11.7. The fraction of sp³-hybridized carbons (Fsp3) is 0.556. The maximum Gasteiger partial charge on any atom is 0.406 e. The highest BCUT2D eigenvalue weighted by Gasteiger charge is 2.30. The molecular formula is C18H23F3IN3. The molecule has 1 aliphatic carbocycles. The van der Waals surface area contributed by atoms with Gasteiger partial charge in [0, 0.05) is 23.2 Å². The van der Waals surface area contributed by atoms with E-state index in [0.29, 0.717) is 21.3 Å². The van der Waals surface area contributed by atoms with Crippen LogP contribution in [-0.2, 0) is 6.54 Å². The lowest BCUT2D eigenvalue weighted by molar-refractivity contribution is -0.140. The van der Waals surface area contributed by atoms with Crippen LogP contribution in [0.15, 0.2) is 24.3 Å². The summed E-state index contributed by atoms with van der Waals surface area (Å²) in [5.74, 6) is 0. The van der Waals surface area contributed by atoms with E-state index in [0.717, 1.165) is 36.8 Å². The highest BCUT2D eigenvalue weighted by Crippen LogP contribution is 2.32. The average molecular weight is 465 g/mol. The molecule has 3 rings (SSSR count). The lowest BCUT2D eigenvalue weighted by Crippen LogP contribution is -2.36. The van der Waals surface area contributed by atoms with Gasteiger partial charge in [0.25, 0.3) is 0 Å². The molecule has 25 heavy (non-hydrogen) atoms. The number of benzene rings is 1. The first kappa shape index (κ1) is 18.8. The van der Waals surface area contributed by atoms with Gasteiger partial charge in [0.2, 0.25) is 0 Å². The molecule has 1 aromatic heterocycles. The van der Waals surface area contributed by atoms with E-state index in [2.05, 4.69) is 24.3 Å². The fourth-order valence-electron chi connectivity index (χ4n) is 3.67. The summed E-state index contributed by atoms with van der Waals surface area (Å²) < 4.78 is 40.5. The molecule has 7 heteroatoms. The predicted octanol–water partition coefficient (Wildman–Crippen LogP) is 5.09. The van der Waals surface area contributed by atoms with E-state index in [-0.39, 0.29) is 0 Å². The lowest BCUT2D eigenvalue weighted by atomic mass is 9.90. The van der Waals surface area contributed by atoms with Gasteiger partial charge in [0.1, 0.15) is 6.54 Å². The van der Waals surface area contributed by atoms with Crippen LogP contribution in [0, 0.1) is 3.70 Å². The van der Waals surface area contributed by atoms with E-state index in [1.807, 2.05) is 40.8 Å².